The molecule has 2 rings (SSSR count). The fourth-order valence-corrected chi connectivity index (χ4v) is 2.62. The van der Waals surface area contributed by atoms with E-state index in [4.69, 9.17) is 0 Å². The molecule has 0 spiro atoms. The van der Waals surface area contributed by atoms with Crippen LogP contribution in [0.3, 0.4) is 0 Å². The van der Waals surface area contributed by atoms with Gasteiger partial charge in [-0.2, -0.15) is 0 Å². The van der Waals surface area contributed by atoms with Gasteiger partial charge in [0.05, 0.1) is 11.6 Å². The second kappa shape index (κ2) is 4.93. The van der Waals surface area contributed by atoms with E-state index in [0.717, 1.165) is 25.2 Å². The number of carbonyl (C=O) groups is 1. The smallest absolute Gasteiger partial charge is 0.245 e. The molecule has 2 atom stereocenters. The summed E-state index contributed by atoms with van der Waals surface area (Å²) in [4.78, 5) is 18.3. The van der Waals surface area contributed by atoms with E-state index in [-0.39, 0.29) is 11.9 Å². The maximum absolute atomic E-state index is 12.2. The van der Waals surface area contributed by atoms with Crippen molar-refractivity contribution in [3.8, 4) is 0 Å². The summed E-state index contributed by atoms with van der Waals surface area (Å²) < 4.78 is 0. The van der Waals surface area contributed by atoms with E-state index in [0.29, 0.717) is 5.92 Å². The maximum Gasteiger partial charge on any atom is 0.245 e. The van der Waals surface area contributed by atoms with Crippen molar-refractivity contribution in [1.29, 1.82) is 0 Å². The molecule has 1 amide bonds. The lowest BCUT2D eigenvalue weighted by Crippen LogP contribution is -2.44. The number of hydrogen-bond acceptors (Lipinski definition) is 4. The number of likely N-dealkylation sites (N-methyl/N-ethyl adjacent to an activating group) is 1. The molecule has 1 N–H and O–H groups in total. The molecule has 1 saturated heterocycles. The molecule has 1 aliphatic rings. The molecule has 0 aromatic carbocycles. The first-order chi connectivity index (χ1) is 7.72. The van der Waals surface area contributed by atoms with Gasteiger partial charge in [0.25, 0.3) is 0 Å². The third-order valence-corrected chi connectivity index (χ3v) is 3.67. The topological polar surface area (TPSA) is 45.2 Å². The van der Waals surface area contributed by atoms with Gasteiger partial charge >= 0.3 is 0 Å². The van der Waals surface area contributed by atoms with Crippen LogP contribution < -0.4 is 10.2 Å². The number of nitrogens with one attached hydrogen (secondary N) is 1. The van der Waals surface area contributed by atoms with Crippen molar-refractivity contribution in [1.82, 2.24) is 10.3 Å². The molecule has 4 nitrogen and oxygen atoms in total. The molecular formula is C11H17N3OS. The molecule has 0 aliphatic carbocycles. The van der Waals surface area contributed by atoms with Crippen LogP contribution in [0.25, 0.3) is 0 Å². The molecular weight excluding hydrogens is 222 g/mol. The van der Waals surface area contributed by atoms with Crippen LogP contribution >= 0.6 is 11.3 Å². The standard InChI is InChI=1S/C11H17N3OS/c1-8-3-4-14(10-6-16-7-13-10)11(15)9(5-8)12-2/h6-9,12H,3-5H2,1-2H3. The number of aromatic nitrogens is 1. The molecule has 1 aromatic rings. The van der Waals surface area contributed by atoms with Crippen LogP contribution in [-0.4, -0.2) is 30.5 Å². The molecule has 0 bridgehead atoms. The lowest BCUT2D eigenvalue weighted by atomic mass is 10.0. The molecule has 0 radical (unpaired) electrons. The molecule has 1 aromatic heterocycles. The Labute approximate surface area is 99.7 Å². The highest BCUT2D eigenvalue weighted by molar-refractivity contribution is 7.07. The number of carbonyl (C=O) groups excluding carboxylic acids is 1. The summed E-state index contributed by atoms with van der Waals surface area (Å²) in [7, 11) is 1.85. The molecule has 88 valence electrons. The van der Waals surface area contributed by atoms with E-state index in [1.807, 2.05) is 12.4 Å². The van der Waals surface area contributed by atoms with Crippen molar-refractivity contribution in [2.24, 2.45) is 5.92 Å². The van der Waals surface area contributed by atoms with Crippen LogP contribution in [-0.2, 0) is 4.79 Å². The zero-order valence-electron chi connectivity index (χ0n) is 9.64. The average molecular weight is 239 g/mol. The molecule has 1 aliphatic heterocycles. The van der Waals surface area contributed by atoms with E-state index in [1.54, 1.807) is 10.4 Å². The Bertz CT molecular complexity index is 352. The Balaban J connectivity index is 2.21. The first-order valence-electron chi connectivity index (χ1n) is 5.59. The Morgan fingerprint density at radius 2 is 2.44 bits per heavy atom. The predicted molar refractivity (Wildman–Crippen MR) is 65.7 cm³/mol. The normalized spacial score (nSPS) is 26.9. The quantitative estimate of drug-likeness (QED) is 0.850. The minimum atomic E-state index is -0.0702. The maximum atomic E-state index is 12.2. The van der Waals surface area contributed by atoms with Crippen LogP contribution in [0.1, 0.15) is 19.8 Å². The first-order valence-corrected chi connectivity index (χ1v) is 6.53. The summed E-state index contributed by atoms with van der Waals surface area (Å²) in [6.45, 7) is 2.98. The summed E-state index contributed by atoms with van der Waals surface area (Å²) in [6, 6.07) is -0.0702. The molecule has 2 heterocycles. The lowest BCUT2D eigenvalue weighted by Gasteiger charge is -2.21. The summed E-state index contributed by atoms with van der Waals surface area (Å²) in [6.07, 6.45) is 1.96. The van der Waals surface area contributed by atoms with Crippen LogP contribution in [0.4, 0.5) is 5.82 Å². The fraction of sp³-hybridized carbons (Fsp3) is 0.636. The third kappa shape index (κ3) is 2.25. The number of thiazole rings is 1. The van der Waals surface area contributed by atoms with Gasteiger partial charge in [-0.3, -0.25) is 9.69 Å². The van der Waals surface area contributed by atoms with Crippen LogP contribution in [0.5, 0.6) is 0 Å². The van der Waals surface area contributed by atoms with Gasteiger partial charge in [-0.15, -0.1) is 11.3 Å². The van der Waals surface area contributed by atoms with Crippen molar-refractivity contribution >= 4 is 23.1 Å². The number of amides is 1. The van der Waals surface area contributed by atoms with E-state index >= 15 is 0 Å². The van der Waals surface area contributed by atoms with Gasteiger partial charge in [-0.25, -0.2) is 4.98 Å². The summed E-state index contributed by atoms with van der Waals surface area (Å²) in [5.41, 5.74) is 1.77. The largest absolute Gasteiger partial charge is 0.309 e. The number of nitrogens with zero attached hydrogens (tertiary/aromatic N) is 2. The third-order valence-electron chi connectivity index (χ3n) is 3.09. The van der Waals surface area contributed by atoms with E-state index < -0.39 is 0 Å². The predicted octanol–water partition coefficient (Wildman–Crippen LogP) is 1.49. The number of hydrogen-bond donors (Lipinski definition) is 1. The Hall–Kier alpha value is -0.940. The van der Waals surface area contributed by atoms with Gasteiger partial charge < -0.3 is 5.32 Å². The van der Waals surface area contributed by atoms with Crippen molar-refractivity contribution in [2.75, 3.05) is 18.5 Å². The Kier molecular flexibility index (Phi) is 3.56. The van der Waals surface area contributed by atoms with Gasteiger partial charge in [0.2, 0.25) is 5.91 Å². The van der Waals surface area contributed by atoms with Gasteiger partial charge in [0.1, 0.15) is 5.82 Å². The zero-order chi connectivity index (χ0) is 11.5. The van der Waals surface area contributed by atoms with Gasteiger partial charge in [0.15, 0.2) is 0 Å². The molecule has 1 fully saturated rings. The highest BCUT2D eigenvalue weighted by atomic mass is 32.1. The fourth-order valence-electron chi connectivity index (χ4n) is 2.08. The van der Waals surface area contributed by atoms with Gasteiger partial charge in [-0.1, -0.05) is 6.92 Å². The summed E-state index contributed by atoms with van der Waals surface area (Å²) in [5, 5.41) is 5.03. The molecule has 0 saturated carbocycles. The van der Waals surface area contributed by atoms with Crippen LogP contribution in [0, 0.1) is 5.92 Å². The number of anilines is 1. The minimum absolute atomic E-state index is 0.0702. The Morgan fingerprint density at radius 1 is 1.62 bits per heavy atom. The SMILES string of the molecule is CNC1CC(C)CCN(c2cscn2)C1=O. The summed E-state index contributed by atoms with van der Waals surface area (Å²) >= 11 is 1.53. The number of rotatable bonds is 2. The monoisotopic (exact) mass is 239 g/mol. The zero-order valence-corrected chi connectivity index (χ0v) is 10.5. The van der Waals surface area contributed by atoms with E-state index in [1.165, 1.54) is 11.3 Å². The molecule has 2 unspecified atom stereocenters. The second-order valence-corrected chi connectivity index (χ2v) is 5.03. The van der Waals surface area contributed by atoms with Crippen molar-refractivity contribution in [2.45, 2.75) is 25.8 Å². The van der Waals surface area contributed by atoms with Crippen LogP contribution in [0.2, 0.25) is 0 Å². The molecule has 5 heteroatoms. The molecule has 16 heavy (non-hydrogen) atoms. The second-order valence-electron chi connectivity index (χ2n) is 4.31. The highest BCUT2D eigenvalue weighted by Gasteiger charge is 2.30. The first kappa shape index (κ1) is 11.5. The average Bonchev–Trinajstić information content (AvgIpc) is 2.75. The van der Waals surface area contributed by atoms with Crippen molar-refractivity contribution in [3.05, 3.63) is 10.9 Å². The van der Waals surface area contributed by atoms with Gasteiger partial charge in [-0.05, 0) is 25.8 Å². The van der Waals surface area contributed by atoms with Gasteiger partial charge in [0, 0.05) is 11.9 Å². The van der Waals surface area contributed by atoms with Crippen LogP contribution in [0.15, 0.2) is 10.9 Å². The lowest BCUT2D eigenvalue weighted by molar-refractivity contribution is -0.120. The van der Waals surface area contributed by atoms with Crippen molar-refractivity contribution < 1.29 is 4.79 Å². The minimum Gasteiger partial charge on any atom is -0.309 e. The van der Waals surface area contributed by atoms with E-state index in [2.05, 4.69) is 17.2 Å². The van der Waals surface area contributed by atoms with E-state index in [9.17, 15) is 4.79 Å². The summed E-state index contributed by atoms with van der Waals surface area (Å²) in [5.74, 6) is 1.52. The Morgan fingerprint density at radius 3 is 3.06 bits per heavy atom. The highest BCUT2D eigenvalue weighted by Crippen LogP contribution is 2.23. The van der Waals surface area contributed by atoms with Crippen molar-refractivity contribution in [3.63, 3.8) is 0 Å².